The van der Waals surface area contributed by atoms with Crippen LogP contribution >= 0.6 is 11.8 Å². The number of aromatic nitrogens is 2. The van der Waals surface area contributed by atoms with E-state index in [1.54, 1.807) is 31.4 Å². The normalized spacial score (nSPS) is 16.4. The van der Waals surface area contributed by atoms with Gasteiger partial charge in [0.1, 0.15) is 16.7 Å². The number of hydrogen-bond acceptors (Lipinski definition) is 7. The van der Waals surface area contributed by atoms with E-state index in [1.165, 1.54) is 16.7 Å². The number of methoxy groups -OCH3 is 1. The van der Waals surface area contributed by atoms with Crippen molar-refractivity contribution >= 4 is 40.2 Å². The Morgan fingerprint density at radius 2 is 1.83 bits per heavy atom. The number of rotatable bonds is 6. The van der Waals surface area contributed by atoms with Gasteiger partial charge in [-0.25, -0.2) is 14.9 Å². The van der Waals surface area contributed by atoms with Crippen molar-refractivity contribution in [3.63, 3.8) is 0 Å². The average molecular weight is 423 g/mol. The maximum Gasteiger partial charge on any atom is 0.247 e. The van der Waals surface area contributed by atoms with Gasteiger partial charge in [-0.3, -0.25) is 9.59 Å². The Hall–Kier alpha value is -3.13. The van der Waals surface area contributed by atoms with E-state index in [0.717, 1.165) is 22.3 Å². The first-order valence-electron chi connectivity index (χ1n) is 9.59. The van der Waals surface area contributed by atoms with Gasteiger partial charge in [0, 0.05) is 17.5 Å². The van der Waals surface area contributed by atoms with Gasteiger partial charge in [0.2, 0.25) is 11.8 Å². The molecule has 1 atom stereocenters. The van der Waals surface area contributed by atoms with Crippen molar-refractivity contribution < 1.29 is 19.1 Å². The fourth-order valence-corrected chi connectivity index (χ4v) is 4.40. The monoisotopic (exact) mass is 423 g/mol. The molecule has 1 fully saturated rings. The van der Waals surface area contributed by atoms with E-state index >= 15 is 0 Å². The summed E-state index contributed by atoms with van der Waals surface area (Å²) >= 11 is 1.22. The quantitative estimate of drug-likeness (QED) is 0.441. The number of ether oxygens (including phenoxy) is 2. The van der Waals surface area contributed by atoms with Crippen molar-refractivity contribution in [1.82, 2.24) is 9.97 Å². The lowest BCUT2D eigenvalue weighted by Crippen LogP contribution is -2.31. The lowest BCUT2D eigenvalue weighted by atomic mass is 10.2. The molecule has 154 valence electrons. The molecule has 2 amide bonds. The predicted molar refractivity (Wildman–Crippen MR) is 115 cm³/mol. The van der Waals surface area contributed by atoms with Gasteiger partial charge in [-0.1, -0.05) is 11.8 Å². The van der Waals surface area contributed by atoms with Crippen LogP contribution in [0.5, 0.6) is 11.5 Å². The van der Waals surface area contributed by atoms with Crippen LogP contribution in [0.2, 0.25) is 0 Å². The fourth-order valence-electron chi connectivity index (χ4n) is 3.37. The number of carbonyl (C=O) groups is 2. The second-order valence-corrected chi connectivity index (χ2v) is 7.95. The van der Waals surface area contributed by atoms with E-state index in [9.17, 15) is 9.59 Å². The highest BCUT2D eigenvalue weighted by molar-refractivity contribution is 8.00. The van der Waals surface area contributed by atoms with Gasteiger partial charge in [0.05, 0.1) is 24.9 Å². The average Bonchev–Trinajstić information content (AvgIpc) is 3.02. The second-order valence-electron chi connectivity index (χ2n) is 6.78. The highest BCUT2D eigenvalue weighted by Gasteiger charge is 2.40. The molecule has 0 radical (unpaired) electrons. The molecule has 0 unspecified atom stereocenters. The van der Waals surface area contributed by atoms with Crippen LogP contribution < -0.4 is 14.4 Å². The van der Waals surface area contributed by atoms with Gasteiger partial charge in [-0.05, 0) is 56.3 Å². The first kappa shape index (κ1) is 20.2. The summed E-state index contributed by atoms with van der Waals surface area (Å²) in [4.78, 5) is 35.8. The number of benzene rings is 2. The van der Waals surface area contributed by atoms with Crippen LogP contribution in [0.25, 0.3) is 10.9 Å². The molecule has 0 aliphatic carbocycles. The van der Waals surface area contributed by atoms with Crippen LogP contribution in [0, 0.1) is 6.92 Å². The molecular weight excluding hydrogens is 402 g/mol. The van der Waals surface area contributed by atoms with Crippen LogP contribution in [-0.2, 0) is 9.59 Å². The van der Waals surface area contributed by atoms with Gasteiger partial charge in [0.15, 0.2) is 5.16 Å². The number of aryl methyl sites for hydroxylation is 1. The largest absolute Gasteiger partial charge is 0.497 e. The smallest absolute Gasteiger partial charge is 0.247 e. The zero-order chi connectivity index (χ0) is 21.3. The van der Waals surface area contributed by atoms with Crippen molar-refractivity contribution in [3.05, 3.63) is 48.2 Å². The number of hydrogen-bond donors (Lipinski definition) is 0. The summed E-state index contributed by atoms with van der Waals surface area (Å²) in [6.45, 7) is 4.42. The van der Waals surface area contributed by atoms with Gasteiger partial charge in [-0.2, -0.15) is 0 Å². The van der Waals surface area contributed by atoms with Crippen molar-refractivity contribution in [3.8, 4) is 11.5 Å². The highest BCUT2D eigenvalue weighted by atomic mass is 32.2. The highest BCUT2D eigenvalue weighted by Crippen LogP contribution is 2.34. The number of fused-ring (bicyclic) bond motifs is 1. The Morgan fingerprint density at radius 1 is 1.10 bits per heavy atom. The second kappa shape index (κ2) is 8.31. The molecule has 30 heavy (non-hydrogen) atoms. The summed E-state index contributed by atoms with van der Waals surface area (Å²) in [5.74, 6) is 0.935. The third-order valence-electron chi connectivity index (χ3n) is 4.83. The zero-order valence-corrected chi connectivity index (χ0v) is 17.7. The third-order valence-corrected chi connectivity index (χ3v) is 5.88. The first-order valence-corrected chi connectivity index (χ1v) is 10.5. The predicted octanol–water partition coefficient (Wildman–Crippen LogP) is 3.77. The van der Waals surface area contributed by atoms with Crippen molar-refractivity contribution in [2.75, 3.05) is 18.6 Å². The molecule has 0 bridgehead atoms. The Kier molecular flexibility index (Phi) is 5.59. The maximum atomic E-state index is 12.9. The number of carbonyl (C=O) groups excluding carboxylic acids is 2. The van der Waals surface area contributed by atoms with Gasteiger partial charge < -0.3 is 9.47 Å². The summed E-state index contributed by atoms with van der Waals surface area (Å²) in [5.41, 5.74) is 2.11. The van der Waals surface area contributed by atoms with E-state index in [4.69, 9.17) is 9.47 Å². The zero-order valence-electron chi connectivity index (χ0n) is 16.9. The lowest BCUT2D eigenvalue weighted by Gasteiger charge is -2.15. The number of imide groups is 1. The topological polar surface area (TPSA) is 81.6 Å². The number of nitrogens with zero attached hydrogens (tertiary/aromatic N) is 3. The molecule has 4 rings (SSSR count). The number of thioether (sulfide) groups is 1. The maximum absolute atomic E-state index is 12.9. The van der Waals surface area contributed by atoms with E-state index in [2.05, 4.69) is 9.97 Å². The fraction of sp³-hybridized carbons (Fsp3) is 0.273. The molecule has 2 heterocycles. The molecule has 0 spiro atoms. The summed E-state index contributed by atoms with van der Waals surface area (Å²) in [5, 5.41) is 0.824. The van der Waals surface area contributed by atoms with Gasteiger partial charge in [0.25, 0.3) is 0 Å². The molecule has 1 aliphatic rings. The Balaban J connectivity index is 1.56. The lowest BCUT2D eigenvalue weighted by molar-refractivity contribution is -0.121. The van der Waals surface area contributed by atoms with Gasteiger partial charge >= 0.3 is 0 Å². The summed E-state index contributed by atoms with van der Waals surface area (Å²) in [7, 11) is 1.57. The van der Waals surface area contributed by atoms with Crippen LogP contribution in [0.4, 0.5) is 5.69 Å². The van der Waals surface area contributed by atoms with Crippen molar-refractivity contribution in [2.45, 2.75) is 30.7 Å². The molecule has 8 heteroatoms. The molecule has 0 N–H and O–H groups in total. The van der Waals surface area contributed by atoms with Crippen molar-refractivity contribution in [2.24, 2.45) is 0 Å². The summed E-state index contributed by atoms with van der Waals surface area (Å²) in [6, 6.07) is 12.5. The minimum absolute atomic E-state index is 0.110. The summed E-state index contributed by atoms with van der Waals surface area (Å²) in [6.07, 6.45) is 0.110. The van der Waals surface area contributed by atoms with E-state index in [0.29, 0.717) is 23.2 Å². The Morgan fingerprint density at radius 3 is 2.53 bits per heavy atom. The molecule has 1 aliphatic heterocycles. The summed E-state index contributed by atoms with van der Waals surface area (Å²) < 4.78 is 10.7. The van der Waals surface area contributed by atoms with E-state index in [-0.39, 0.29) is 18.2 Å². The third kappa shape index (κ3) is 3.82. The standard InChI is InChI=1S/C22H21N3O4S/c1-4-29-16-9-10-18-17(11-16)13(2)23-22(24-18)30-19-12-20(26)25(21(19)27)14-5-7-15(28-3)8-6-14/h5-11,19H,4,12H2,1-3H3/t19-/m0/s1. The number of amides is 2. The van der Waals surface area contributed by atoms with E-state index in [1.807, 2.05) is 32.0 Å². The van der Waals surface area contributed by atoms with Crippen LogP contribution in [0.15, 0.2) is 47.6 Å². The van der Waals surface area contributed by atoms with Crippen LogP contribution in [0.1, 0.15) is 19.0 Å². The minimum atomic E-state index is -0.556. The first-order chi connectivity index (χ1) is 14.5. The molecule has 3 aromatic rings. The molecule has 2 aromatic carbocycles. The molecule has 7 nitrogen and oxygen atoms in total. The van der Waals surface area contributed by atoms with Crippen molar-refractivity contribution in [1.29, 1.82) is 0 Å². The minimum Gasteiger partial charge on any atom is -0.497 e. The van der Waals surface area contributed by atoms with Crippen LogP contribution in [0.3, 0.4) is 0 Å². The SMILES string of the molecule is CCOc1ccc2nc(S[C@H]3CC(=O)N(c4ccc(OC)cc4)C3=O)nc(C)c2c1. The Bertz CT molecular complexity index is 1120. The van der Waals surface area contributed by atoms with E-state index < -0.39 is 5.25 Å². The van der Waals surface area contributed by atoms with Crippen LogP contribution in [-0.4, -0.2) is 40.7 Å². The molecular formula is C22H21N3O4S. The van der Waals surface area contributed by atoms with Gasteiger partial charge in [-0.15, -0.1) is 0 Å². The Labute approximate surface area is 178 Å². The molecule has 0 saturated carbocycles. The molecule has 1 aromatic heterocycles. The molecule has 1 saturated heterocycles. The number of anilines is 1.